The van der Waals surface area contributed by atoms with Gasteiger partial charge in [0.05, 0.1) is 34.2 Å². The maximum absolute atomic E-state index is 12.9. The van der Waals surface area contributed by atoms with Gasteiger partial charge in [-0.15, -0.1) is 0 Å². The van der Waals surface area contributed by atoms with Crippen LogP contribution in [-0.2, 0) is 10.0 Å². The van der Waals surface area contributed by atoms with Crippen molar-refractivity contribution < 1.29 is 18.1 Å². The highest BCUT2D eigenvalue weighted by Crippen LogP contribution is 2.32. The number of benzene rings is 2. The van der Waals surface area contributed by atoms with Crippen molar-refractivity contribution in [2.75, 3.05) is 38.2 Å². The number of piperazine rings is 1. The fourth-order valence-corrected chi connectivity index (χ4v) is 4.98. The van der Waals surface area contributed by atoms with Gasteiger partial charge >= 0.3 is 0 Å². The third-order valence-corrected chi connectivity index (χ3v) is 7.12. The molecule has 1 aliphatic rings. The number of nitrogens with one attached hydrogen (secondary N) is 1. The largest absolute Gasteiger partial charge is 0.497 e. The predicted octanol–water partition coefficient (Wildman–Crippen LogP) is 1.35. The fourth-order valence-electron chi connectivity index (χ4n) is 3.56. The molecule has 1 aliphatic heterocycles. The summed E-state index contributed by atoms with van der Waals surface area (Å²) in [6, 6.07) is 8.83. The van der Waals surface area contributed by atoms with Crippen molar-refractivity contribution in [3.63, 3.8) is 0 Å². The summed E-state index contributed by atoms with van der Waals surface area (Å²) in [6.45, 7) is 0.828. The maximum Gasteiger partial charge on any atom is 0.293 e. The summed E-state index contributed by atoms with van der Waals surface area (Å²) in [5.41, 5.74) is -0.0535. The van der Waals surface area contributed by atoms with Crippen molar-refractivity contribution in [1.82, 2.24) is 14.3 Å². The van der Waals surface area contributed by atoms with Crippen molar-refractivity contribution in [3.8, 4) is 5.75 Å². The Morgan fingerprint density at radius 1 is 1.13 bits per heavy atom. The van der Waals surface area contributed by atoms with Crippen LogP contribution >= 0.6 is 0 Å². The molecule has 0 spiro atoms. The van der Waals surface area contributed by atoms with E-state index in [2.05, 4.69) is 9.97 Å². The Balaban J connectivity index is 1.59. The number of fused-ring (bicyclic) bond motifs is 1. The van der Waals surface area contributed by atoms with Crippen LogP contribution in [0.4, 0.5) is 11.4 Å². The molecule has 3 aromatic rings. The lowest BCUT2D eigenvalue weighted by molar-refractivity contribution is -0.384. The van der Waals surface area contributed by atoms with Gasteiger partial charge in [-0.05, 0) is 30.3 Å². The number of methoxy groups -OCH3 is 1. The van der Waals surface area contributed by atoms with Gasteiger partial charge in [-0.25, -0.2) is 13.4 Å². The van der Waals surface area contributed by atoms with Gasteiger partial charge in [-0.3, -0.25) is 14.9 Å². The number of nitro benzene ring substituents is 1. The monoisotopic (exact) mass is 445 g/mol. The zero-order valence-corrected chi connectivity index (χ0v) is 17.3. The molecular formula is C19H19N5O6S. The van der Waals surface area contributed by atoms with Gasteiger partial charge in [0.1, 0.15) is 11.4 Å². The first kappa shape index (κ1) is 20.8. The molecule has 0 unspecified atom stereocenters. The second-order valence-corrected chi connectivity index (χ2v) is 8.85. The summed E-state index contributed by atoms with van der Waals surface area (Å²) in [6.07, 6.45) is 1.24. The highest BCUT2D eigenvalue weighted by Gasteiger charge is 2.31. The highest BCUT2D eigenvalue weighted by molar-refractivity contribution is 7.89. The van der Waals surface area contributed by atoms with Crippen LogP contribution in [0.2, 0.25) is 0 Å². The molecule has 0 bridgehead atoms. The molecule has 31 heavy (non-hydrogen) atoms. The zero-order chi connectivity index (χ0) is 22.2. The molecule has 0 atom stereocenters. The van der Waals surface area contributed by atoms with Gasteiger partial charge in [0.15, 0.2) is 0 Å². The number of hydrogen-bond donors (Lipinski definition) is 1. The fraction of sp³-hybridized carbons (Fsp3) is 0.263. The summed E-state index contributed by atoms with van der Waals surface area (Å²) in [7, 11) is -2.20. The van der Waals surface area contributed by atoms with E-state index in [1.54, 1.807) is 17.0 Å². The number of aromatic nitrogens is 2. The van der Waals surface area contributed by atoms with E-state index in [1.165, 1.54) is 42.0 Å². The molecule has 1 saturated heterocycles. The van der Waals surface area contributed by atoms with Crippen LogP contribution in [0.15, 0.2) is 52.4 Å². The van der Waals surface area contributed by atoms with E-state index in [1.807, 2.05) is 0 Å². The molecule has 1 N–H and O–H groups in total. The average Bonchev–Trinajstić information content (AvgIpc) is 2.78. The van der Waals surface area contributed by atoms with Crippen molar-refractivity contribution >= 4 is 32.3 Å². The summed E-state index contributed by atoms with van der Waals surface area (Å²) < 4.78 is 32.3. The molecule has 0 aliphatic carbocycles. The molecular weight excluding hydrogens is 426 g/mol. The smallest absolute Gasteiger partial charge is 0.293 e. The van der Waals surface area contributed by atoms with Crippen molar-refractivity contribution in [2.45, 2.75) is 4.90 Å². The van der Waals surface area contributed by atoms with Gasteiger partial charge in [0, 0.05) is 32.2 Å². The van der Waals surface area contributed by atoms with Gasteiger partial charge in [-0.1, -0.05) is 0 Å². The third kappa shape index (κ3) is 3.82. The topological polar surface area (TPSA) is 139 Å². The molecule has 1 fully saturated rings. The normalized spacial score (nSPS) is 15.2. The van der Waals surface area contributed by atoms with Crippen LogP contribution in [0, 0.1) is 10.1 Å². The molecule has 0 amide bonds. The maximum atomic E-state index is 12.9. The van der Waals surface area contributed by atoms with Crippen molar-refractivity contribution in [2.24, 2.45) is 0 Å². The lowest BCUT2D eigenvalue weighted by Crippen LogP contribution is -2.48. The summed E-state index contributed by atoms with van der Waals surface area (Å²) in [5.74, 6) is 0.555. The Hall–Kier alpha value is -3.51. The standard InChI is InChI=1S/C19H19N5O6S/c1-30-13-2-4-14(5-3-13)31(28,29)23-8-6-22(7-9-23)17-11-16-15(10-18(17)24(26)27)19(25)21-12-20-16/h2-5,10-12H,6-9H2,1H3,(H,20,21,25). The second-order valence-electron chi connectivity index (χ2n) is 6.91. The number of aromatic amines is 1. The zero-order valence-electron chi connectivity index (χ0n) is 16.5. The lowest BCUT2D eigenvalue weighted by Gasteiger charge is -2.35. The molecule has 0 radical (unpaired) electrons. The minimum atomic E-state index is -3.70. The van der Waals surface area contributed by atoms with E-state index in [-0.39, 0.29) is 42.1 Å². The Kier molecular flexibility index (Phi) is 5.33. The predicted molar refractivity (Wildman–Crippen MR) is 113 cm³/mol. The Morgan fingerprint density at radius 2 is 1.81 bits per heavy atom. The summed E-state index contributed by atoms with van der Waals surface area (Å²) in [4.78, 5) is 31.4. The molecule has 2 aromatic carbocycles. The first-order valence-electron chi connectivity index (χ1n) is 9.36. The van der Waals surface area contributed by atoms with E-state index < -0.39 is 20.5 Å². The molecule has 1 aromatic heterocycles. The number of nitro groups is 1. The number of rotatable bonds is 5. The van der Waals surface area contributed by atoms with Crippen LogP contribution in [0.1, 0.15) is 0 Å². The molecule has 162 valence electrons. The molecule has 0 saturated carbocycles. The van der Waals surface area contributed by atoms with Gasteiger partial charge in [0.25, 0.3) is 11.2 Å². The van der Waals surface area contributed by atoms with Crippen molar-refractivity contribution in [1.29, 1.82) is 0 Å². The van der Waals surface area contributed by atoms with E-state index in [4.69, 9.17) is 4.74 Å². The SMILES string of the molecule is COc1ccc(S(=O)(=O)N2CCN(c3cc4nc[nH]c(=O)c4cc3[N+](=O)[O-])CC2)cc1. The number of hydrogen-bond acceptors (Lipinski definition) is 8. The van der Waals surface area contributed by atoms with Gasteiger partial charge in [0.2, 0.25) is 10.0 Å². The van der Waals surface area contributed by atoms with E-state index >= 15 is 0 Å². The second kappa shape index (κ2) is 7.96. The van der Waals surface area contributed by atoms with Crippen LogP contribution in [0.5, 0.6) is 5.75 Å². The average molecular weight is 445 g/mol. The van der Waals surface area contributed by atoms with Crippen LogP contribution in [0.25, 0.3) is 10.9 Å². The van der Waals surface area contributed by atoms with Gasteiger partial charge < -0.3 is 14.6 Å². The highest BCUT2D eigenvalue weighted by atomic mass is 32.2. The first-order chi connectivity index (χ1) is 14.8. The minimum absolute atomic E-state index is 0.124. The number of H-pyrrole nitrogens is 1. The Labute approximate surface area is 177 Å². The van der Waals surface area contributed by atoms with E-state index in [0.29, 0.717) is 17.0 Å². The van der Waals surface area contributed by atoms with Gasteiger partial charge in [-0.2, -0.15) is 4.31 Å². The summed E-state index contributed by atoms with van der Waals surface area (Å²) >= 11 is 0. The first-order valence-corrected chi connectivity index (χ1v) is 10.8. The molecule has 4 rings (SSSR count). The lowest BCUT2D eigenvalue weighted by atomic mass is 10.1. The number of ether oxygens (including phenoxy) is 1. The van der Waals surface area contributed by atoms with E-state index in [0.717, 1.165) is 0 Å². The Bertz CT molecular complexity index is 1300. The quantitative estimate of drug-likeness (QED) is 0.459. The molecule has 12 heteroatoms. The summed E-state index contributed by atoms with van der Waals surface area (Å²) in [5, 5.41) is 11.7. The minimum Gasteiger partial charge on any atom is -0.497 e. The number of anilines is 1. The third-order valence-electron chi connectivity index (χ3n) is 5.21. The van der Waals surface area contributed by atoms with Crippen LogP contribution in [0.3, 0.4) is 0 Å². The van der Waals surface area contributed by atoms with Crippen LogP contribution in [-0.4, -0.2) is 60.9 Å². The Morgan fingerprint density at radius 3 is 2.42 bits per heavy atom. The van der Waals surface area contributed by atoms with Crippen molar-refractivity contribution in [3.05, 3.63) is 63.2 Å². The van der Waals surface area contributed by atoms with Crippen LogP contribution < -0.4 is 15.2 Å². The molecule has 11 nitrogen and oxygen atoms in total. The number of sulfonamides is 1. The molecule has 2 heterocycles. The number of nitrogens with zero attached hydrogens (tertiary/aromatic N) is 4. The van der Waals surface area contributed by atoms with E-state index in [9.17, 15) is 23.3 Å².